The maximum Gasteiger partial charge on any atom is 0.305 e. The molecule has 5 atom stereocenters. The third-order valence-electron chi connectivity index (χ3n) is 7.55. The average Bonchev–Trinajstić information content (AvgIpc) is 3.43. The van der Waals surface area contributed by atoms with Gasteiger partial charge in [0.15, 0.2) is 0 Å². The summed E-state index contributed by atoms with van der Waals surface area (Å²) in [6.45, 7) is 0.569. The molecule has 36 heavy (non-hydrogen) atoms. The fourth-order valence-electron chi connectivity index (χ4n) is 5.56. The SMILES string of the molecule is COC(=O)CCC/C=C\C[C@@H]1[C@@H](c2ccc3c(c2)CCC3OCc2ccc(OC)cc2)[C@H](O)C[C@H]1Cl. The molecule has 1 fully saturated rings. The van der Waals surface area contributed by atoms with Gasteiger partial charge < -0.3 is 19.3 Å². The smallest absolute Gasteiger partial charge is 0.305 e. The lowest BCUT2D eigenvalue weighted by Gasteiger charge is -2.24. The van der Waals surface area contributed by atoms with E-state index >= 15 is 0 Å². The number of aryl methyl sites for hydroxylation is 1. The van der Waals surface area contributed by atoms with Gasteiger partial charge >= 0.3 is 5.97 Å². The summed E-state index contributed by atoms with van der Waals surface area (Å²) in [6, 6.07) is 14.6. The first-order chi connectivity index (χ1) is 17.5. The summed E-state index contributed by atoms with van der Waals surface area (Å²) in [7, 11) is 3.08. The van der Waals surface area contributed by atoms with Crippen molar-refractivity contribution < 1.29 is 24.1 Å². The summed E-state index contributed by atoms with van der Waals surface area (Å²) >= 11 is 6.69. The largest absolute Gasteiger partial charge is 0.497 e. The highest BCUT2D eigenvalue weighted by molar-refractivity contribution is 6.21. The van der Waals surface area contributed by atoms with Gasteiger partial charge in [0.05, 0.1) is 33.0 Å². The Hall–Kier alpha value is -2.34. The van der Waals surface area contributed by atoms with Crippen molar-refractivity contribution in [3.8, 4) is 5.75 Å². The predicted octanol–water partition coefficient (Wildman–Crippen LogP) is 6.26. The number of unbranched alkanes of at least 4 members (excludes halogenated alkanes) is 1. The van der Waals surface area contributed by atoms with E-state index in [1.807, 2.05) is 24.3 Å². The Bertz CT molecular complexity index is 1030. The van der Waals surface area contributed by atoms with Crippen LogP contribution in [0.4, 0.5) is 0 Å². The predicted molar refractivity (Wildman–Crippen MR) is 141 cm³/mol. The molecule has 2 aromatic rings. The zero-order valence-electron chi connectivity index (χ0n) is 21.2. The van der Waals surface area contributed by atoms with E-state index in [0.29, 0.717) is 19.4 Å². The van der Waals surface area contributed by atoms with Crippen LogP contribution in [0.1, 0.15) is 72.8 Å². The minimum atomic E-state index is -0.438. The Balaban J connectivity index is 1.36. The van der Waals surface area contributed by atoms with Crippen LogP contribution >= 0.6 is 11.6 Å². The minimum Gasteiger partial charge on any atom is -0.497 e. The Kier molecular flexibility index (Phi) is 9.47. The zero-order valence-corrected chi connectivity index (χ0v) is 22.0. The van der Waals surface area contributed by atoms with Crippen LogP contribution in [-0.2, 0) is 27.3 Å². The van der Waals surface area contributed by atoms with Gasteiger partial charge in [-0.25, -0.2) is 0 Å². The molecule has 0 amide bonds. The normalized spacial score (nSPS) is 25.3. The fraction of sp³-hybridized carbons (Fsp3) is 0.500. The molecule has 1 N–H and O–H groups in total. The molecule has 2 aromatic carbocycles. The molecular formula is C30H37ClO5. The van der Waals surface area contributed by atoms with Gasteiger partial charge in [-0.3, -0.25) is 4.79 Å². The van der Waals surface area contributed by atoms with E-state index in [0.717, 1.165) is 43.4 Å². The Morgan fingerprint density at radius 3 is 2.69 bits per heavy atom. The zero-order chi connectivity index (χ0) is 25.5. The monoisotopic (exact) mass is 512 g/mol. The van der Waals surface area contributed by atoms with E-state index in [2.05, 4.69) is 35.1 Å². The minimum absolute atomic E-state index is 0.0248. The van der Waals surface area contributed by atoms with Gasteiger partial charge in [-0.2, -0.15) is 0 Å². The average molecular weight is 513 g/mol. The van der Waals surface area contributed by atoms with E-state index in [1.165, 1.54) is 23.8 Å². The number of allylic oxidation sites excluding steroid dienone is 2. The van der Waals surface area contributed by atoms with E-state index < -0.39 is 6.10 Å². The standard InChI is InChI=1S/C30H37ClO5/c1-34-23-13-9-20(10-14-23)19-36-28-16-12-21-17-22(11-15-24(21)28)30-25(26(31)18-27(30)32)7-5-3-4-6-8-29(33)35-2/h3,5,9-11,13-15,17,25-28,30,32H,4,6-8,12,16,18-19H2,1-2H3/b5-3-/t25-,26+,27+,28?,30+/m0/s1. The maximum atomic E-state index is 11.3. The molecule has 0 bridgehead atoms. The van der Waals surface area contributed by atoms with Crippen molar-refractivity contribution in [2.24, 2.45) is 5.92 Å². The van der Waals surface area contributed by atoms with Crippen molar-refractivity contribution in [2.75, 3.05) is 14.2 Å². The highest BCUT2D eigenvalue weighted by Gasteiger charge is 2.42. The second-order valence-electron chi connectivity index (χ2n) is 9.83. The van der Waals surface area contributed by atoms with E-state index in [-0.39, 0.29) is 29.3 Å². The molecule has 0 spiro atoms. The van der Waals surface area contributed by atoms with Crippen LogP contribution in [0.2, 0.25) is 0 Å². The number of carbonyl (C=O) groups excluding carboxylic acids is 1. The molecule has 6 heteroatoms. The topological polar surface area (TPSA) is 65.0 Å². The summed E-state index contributed by atoms with van der Waals surface area (Å²) in [6.07, 6.45) is 9.34. The van der Waals surface area contributed by atoms with Gasteiger partial charge in [0.1, 0.15) is 5.75 Å². The lowest BCUT2D eigenvalue weighted by molar-refractivity contribution is -0.140. The molecule has 0 aliphatic heterocycles. The van der Waals surface area contributed by atoms with E-state index in [4.69, 9.17) is 21.1 Å². The molecule has 194 valence electrons. The molecule has 2 aliphatic rings. The summed E-state index contributed by atoms with van der Waals surface area (Å²) in [5.74, 6) is 0.878. The molecular weight excluding hydrogens is 476 g/mol. The quantitative estimate of drug-likeness (QED) is 0.166. The van der Waals surface area contributed by atoms with Crippen LogP contribution in [0.15, 0.2) is 54.6 Å². The van der Waals surface area contributed by atoms with Crippen LogP contribution < -0.4 is 4.74 Å². The van der Waals surface area contributed by atoms with Crippen molar-refractivity contribution in [3.05, 3.63) is 76.9 Å². The highest BCUT2D eigenvalue weighted by atomic mass is 35.5. The number of benzene rings is 2. The second-order valence-corrected chi connectivity index (χ2v) is 10.4. The lowest BCUT2D eigenvalue weighted by Crippen LogP contribution is -2.18. The van der Waals surface area contributed by atoms with Crippen LogP contribution in [0.5, 0.6) is 5.75 Å². The first-order valence-corrected chi connectivity index (χ1v) is 13.3. The highest BCUT2D eigenvalue weighted by Crippen LogP contribution is 2.46. The molecule has 0 radical (unpaired) electrons. The number of alkyl halides is 1. The Morgan fingerprint density at radius 1 is 1.14 bits per heavy atom. The lowest BCUT2D eigenvalue weighted by atomic mass is 9.84. The van der Waals surface area contributed by atoms with Crippen LogP contribution in [0.25, 0.3) is 0 Å². The molecule has 4 rings (SSSR count). The third-order valence-corrected chi connectivity index (χ3v) is 8.05. The van der Waals surface area contributed by atoms with Crippen molar-refractivity contribution in [1.82, 2.24) is 0 Å². The van der Waals surface area contributed by atoms with E-state index in [1.54, 1.807) is 7.11 Å². The molecule has 1 unspecified atom stereocenters. The second kappa shape index (κ2) is 12.8. The number of fused-ring (bicyclic) bond motifs is 1. The summed E-state index contributed by atoms with van der Waals surface area (Å²) in [4.78, 5) is 11.3. The Morgan fingerprint density at radius 2 is 1.94 bits per heavy atom. The molecule has 0 heterocycles. The van der Waals surface area contributed by atoms with Crippen LogP contribution in [0.3, 0.4) is 0 Å². The fourth-order valence-corrected chi connectivity index (χ4v) is 6.00. The number of hydrogen-bond acceptors (Lipinski definition) is 5. The molecule has 0 saturated heterocycles. The number of aliphatic hydroxyl groups excluding tert-OH is 1. The molecule has 5 nitrogen and oxygen atoms in total. The number of hydrogen-bond donors (Lipinski definition) is 1. The molecule has 0 aromatic heterocycles. The van der Waals surface area contributed by atoms with Gasteiger partial charge in [0, 0.05) is 17.7 Å². The van der Waals surface area contributed by atoms with E-state index in [9.17, 15) is 9.90 Å². The van der Waals surface area contributed by atoms with Gasteiger partial charge in [0.2, 0.25) is 0 Å². The Labute approximate surface area is 219 Å². The van der Waals surface area contributed by atoms with Crippen LogP contribution in [-0.4, -0.2) is 36.8 Å². The number of rotatable bonds is 11. The van der Waals surface area contributed by atoms with Gasteiger partial charge in [-0.05, 0) is 78.8 Å². The molecule has 2 aliphatic carbocycles. The first kappa shape index (κ1) is 26.7. The van der Waals surface area contributed by atoms with Gasteiger partial charge in [0.25, 0.3) is 0 Å². The maximum absolute atomic E-state index is 11.3. The van der Waals surface area contributed by atoms with Crippen molar-refractivity contribution in [3.63, 3.8) is 0 Å². The molecule has 1 saturated carbocycles. The van der Waals surface area contributed by atoms with Gasteiger partial charge in [-0.1, -0.05) is 42.5 Å². The van der Waals surface area contributed by atoms with Crippen molar-refractivity contribution >= 4 is 17.6 Å². The van der Waals surface area contributed by atoms with Crippen molar-refractivity contribution in [2.45, 2.75) is 75.1 Å². The first-order valence-electron chi connectivity index (χ1n) is 12.9. The number of carbonyl (C=O) groups is 1. The van der Waals surface area contributed by atoms with Crippen molar-refractivity contribution in [1.29, 1.82) is 0 Å². The number of ether oxygens (including phenoxy) is 3. The van der Waals surface area contributed by atoms with Gasteiger partial charge in [-0.15, -0.1) is 11.6 Å². The number of halogens is 1. The number of esters is 1. The third kappa shape index (κ3) is 6.50. The summed E-state index contributed by atoms with van der Waals surface area (Å²) < 4.78 is 16.2. The number of aliphatic hydroxyl groups is 1. The summed E-state index contributed by atoms with van der Waals surface area (Å²) in [5.41, 5.74) is 4.87. The van der Waals surface area contributed by atoms with Crippen LogP contribution in [0, 0.1) is 5.92 Å². The summed E-state index contributed by atoms with van der Waals surface area (Å²) in [5, 5.41) is 10.8. The number of methoxy groups -OCH3 is 2.